The summed E-state index contributed by atoms with van der Waals surface area (Å²) in [7, 11) is 0. The van der Waals surface area contributed by atoms with Crippen LogP contribution in [0.5, 0.6) is 0 Å². The van der Waals surface area contributed by atoms with Crippen LogP contribution in [-0.4, -0.2) is 21.5 Å². The minimum absolute atomic E-state index is 0.532. The van der Waals surface area contributed by atoms with Crippen LogP contribution in [0.4, 0.5) is 17.6 Å². The first kappa shape index (κ1) is 18.1. The summed E-state index contributed by atoms with van der Waals surface area (Å²) >= 11 is 6.19. The average molecular weight is 368 g/mol. The SMILES string of the molecule is Cc1ccc(Nc2nc(C)nc(NCCc3ccccc3Cl)n2)c(C)c1. The van der Waals surface area contributed by atoms with Crippen molar-refractivity contribution in [3.63, 3.8) is 0 Å². The predicted octanol–water partition coefficient (Wildman–Crippen LogP) is 4.85. The van der Waals surface area contributed by atoms with Crippen molar-refractivity contribution in [1.29, 1.82) is 0 Å². The van der Waals surface area contributed by atoms with Crippen molar-refractivity contribution in [2.45, 2.75) is 27.2 Å². The molecule has 0 aliphatic carbocycles. The van der Waals surface area contributed by atoms with E-state index in [1.54, 1.807) is 0 Å². The van der Waals surface area contributed by atoms with Crippen LogP contribution in [0.25, 0.3) is 0 Å². The second-order valence-electron chi connectivity index (χ2n) is 6.24. The maximum Gasteiger partial charge on any atom is 0.232 e. The molecule has 0 spiro atoms. The number of rotatable bonds is 6. The maximum atomic E-state index is 6.19. The molecule has 26 heavy (non-hydrogen) atoms. The van der Waals surface area contributed by atoms with Crippen LogP contribution in [0.1, 0.15) is 22.5 Å². The number of nitrogens with one attached hydrogen (secondary N) is 2. The van der Waals surface area contributed by atoms with Crippen molar-refractivity contribution < 1.29 is 0 Å². The number of anilines is 3. The second kappa shape index (κ2) is 8.15. The Labute approximate surface area is 158 Å². The standard InChI is InChI=1S/C20H22ClN5/c1-13-8-9-18(14(2)12-13)25-20-24-15(3)23-19(26-20)22-11-10-16-6-4-5-7-17(16)21/h4-9,12H,10-11H2,1-3H3,(H2,22,23,24,25,26). The molecule has 0 aliphatic heterocycles. The Kier molecular flexibility index (Phi) is 5.68. The summed E-state index contributed by atoms with van der Waals surface area (Å²) in [5, 5.41) is 7.30. The molecule has 3 aromatic rings. The van der Waals surface area contributed by atoms with Crippen LogP contribution in [-0.2, 0) is 6.42 Å². The average Bonchev–Trinajstić information content (AvgIpc) is 2.59. The van der Waals surface area contributed by atoms with Crippen LogP contribution >= 0.6 is 11.6 Å². The summed E-state index contributed by atoms with van der Waals surface area (Å²) in [6, 6.07) is 14.1. The van der Waals surface area contributed by atoms with E-state index in [9.17, 15) is 0 Å². The highest BCUT2D eigenvalue weighted by molar-refractivity contribution is 6.31. The molecule has 0 amide bonds. The number of nitrogens with zero attached hydrogens (tertiary/aromatic N) is 3. The van der Waals surface area contributed by atoms with Gasteiger partial charge in [0.15, 0.2) is 0 Å². The fourth-order valence-electron chi connectivity index (χ4n) is 2.70. The number of hydrogen-bond donors (Lipinski definition) is 2. The normalized spacial score (nSPS) is 10.6. The molecule has 2 aromatic carbocycles. The van der Waals surface area contributed by atoms with Gasteiger partial charge in [0.25, 0.3) is 0 Å². The lowest BCUT2D eigenvalue weighted by atomic mass is 10.1. The molecule has 2 N–H and O–H groups in total. The molecule has 3 rings (SSSR count). The summed E-state index contributed by atoms with van der Waals surface area (Å²) < 4.78 is 0. The number of aryl methyl sites for hydroxylation is 3. The molecule has 0 bridgehead atoms. The first-order valence-corrected chi connectivity index (χ1v) is 8.93. The Balaban J connectivity index is 1.68. The van der Waals surface area contributed by atoms with E-state index in [-0.39, 0.29) is 0 Å². The van der Waals surface area contributed by atoms with Gasteiger partial charge in [-0.1, -0.05) is 47.5 Å². The van der Waals surface area contributed by atoms with E-state index in [1.807, 2.05) is 37.3 Å². The fourth-order valence-corrected chi connectivity index (χ4v) is 2.93. The third kappa shape index (κ3) is 4.70. The van der Waals surface area contributed by atoms with Gasteiger partial charge in [-0.05, 0) is 50.5 Å². The Hall–Kier alpha value is -2.66. The van der Waals surface area contributed by atoms with E-state index in [0.717, 1.165) is 28.3 Å². The minimum Gasteiger partial charge on any atom is -0.354 e. The van der Waals surface area contributed by atoms with E-state index in [0.29, 0.717) is 24.3 Å². The van der Waals surface area contributed by atoms with Crippen molar-refractivity contribution in [3.05, 3.63) is 70.0 Å². The molecule has 0 saturated heterocycles. The van der Waals surface area contributed by atoms with Gasteiger partial charge in [-0.3, -0.25) is 0 Å². The Morgan fingerprint density at radius 1 is 0.923 bits per heavy atom. The lowest BCUT2D eigenvalue weighted by molar-refractivity contribution is 0.938. The predicted molar refractivity (Wildman–Crippen MR) is 107 cm³/mol. The molecule has 134 valence electrons. The summed E-state index contributed by atoms with van der Waals surface area (Å²) in [5.74, 6) is 1.74. The molecule has 1 aromatic heterocycles. The molecule has 0 unspecified atom stereocenters. The third-order valence-electron chi connectivity index (χ3n) is 4.01. The molecule has 0 radical (unpaired) electrons. The first-order valence-electron chi connectivity index (χ1n) is 8.55. The number of halogens is 1. The maximum absolute atomic E-state index is 6.19. The summed E-state index contributed by atoms with van der Waals surface area (Å²) in [6.07, 6.45) is 0.796. The van der Waals surface area contributed by atoms with Gasteiger partial charge in [0.05, 0.1) is 0 Å². The zero-order valence-corrected chi connectivity index (χ0v) is 15.9. The van der Waals surface area contributed by atoms with E-state index in [2.05, 4.69) is 51.6 Å². The molecule has 0 fully saturated rings. The fraction of sp³-hybridized carbons (Fsp3) is 0.250. The lowest BCUT2D eigenvalue weighted by Gasteiger charge is -2.11. The molecular weight excluding hydrogens is 346 g/mol. The minimum atomic E-state index is 0.532. The van der Waals surface area contributed by atoms with Gasteiger partial charge in [-0.15, -0.1) is 0 Å². The van der Waals surface area contributed by atoms with Gasteiger partial charge in [-0.25, -0.2) is 0 Å². The van der Waals surface area contributed by atoms with Crippen LogP contribution in [0, 0.1) is 20.8 Å². The van der Waals surface area contributed by atoms with E-state index < -0.39 is 0 Å². The molecular formula is C20H22ClN5. The van der Waals surface area contributed by atoms with Gasteiger partial charge < -0.3 is 10.6 Å². The Morgan fingerprint density at radius 2 is 1.69 bits per heavy atom. The van der Waals surface area contributed by atoms with Crippen molar-refractivity contribution in [2.75, 3.05) is 17.2 Å². The van der Waals surface area contributed by atoms with Gasteiger partial charge in [-0.2, -0.15) is 15.0 Å². The largest absolute Gasteiger partial charge is 0.354 e. The van der Waals surface area contributed by atoms with Gasteiger partial charge >= 0.3 is 0 Å². The van der Waals surface area contributed by atoms with Crippen molar-refractivity contribution in [2.24, 2.45) is 0 Å². The number of aromatic nitrogens is 3. The van der Waals surface area contributed by atoms with Crippen molar-refractivity contribution in [1.82, 2.24) is 15.0 Å². The zero-order chi connectivity index (χ0) is 18.5. The Morgan fingerprint density at radius 3 is 2.46 bits per heavy atom. The quantitative estimate of drug-likeness (QED) is 0.652. The summed E-state index contributed by atoms with van der Waals surface area (Å²) in [4.78, 5) is 13.2. The van der Waals surface area contributed by atoms with Crippen LogP contribution < -0.4 is 10.6 Å². The van der Waals surface area contributed by atoms with Crippen molar-refractivity contribution >= 4 is 29.2 Å². The highest BCUT2D eigenvalue weighted by Crippen LogP contribution is 2.20. The van der Waals surface area contributed by atoms with Crippen LogP contribution in [0.3, 0.4) is 0 Å². The Bertz CT molecular complexity index is 910. The smallest absolute Gasteiger partial charge is 0.232 e. The molecule has 0 aliphatic rings. The zero-order valence-electron chi connectivity index (χ0n) is 15.2. The molecule has 0 atom stereocenters. The highest BCUT2D eigenvalue weighted by Gasteiger charge is 2.06. The van der Waals surface area contributed by atoms with Gasteiger partial charge in [0.1, 0.15) is 5.82 Å². The monoisotopic (exact) mass is 367 g/mol. The van der Waals surface area contributed by atoms with E-state index >= 15 is 0 Å². The molecule has 5 nitrogen and oxygen atoms in total. The number of benzene rings is 2. The molecule has 0 saturated carbocycles. The summed E-state index contributed by atoms with van der Waals surface area (Å²) in [5.41, 5.74) is 4.46. The van der Waals surface area contributed by atoms with Crippen LogP contribution in [0.2, 0.25) is 5.02 Å². The third-order valence-corrected chi connectivity index (χ3v) is 4.38. The van der Waals surface area contributed by atoms with Crippen LogP contribution in [0.15, 0.2) is 42.5 Å². The van der Waals surface area contributed by atoms with E-state index in [1.165, 1.54) is 5.56 Å². The highest BCUT2D eigenvalue weighted by atomic mass is 35.5. The number of hydrogen-bond acceptors (Lipinski definition) is 5. The van der Waals surface area contributed by atoms with Gasteiger partial charge in [0.2, 0.25) is 11.9 Å². The molecule has 1 heterocycles. The van der Waals surface area contributed by atoms with Gasteiger partial charge in [0, 0.05) is 17.3 Å². The first-order chi connectivity index (χ1) is 12.5. The van der Waals surface area contributed by atoms with Crippen molar-refractivity contribution in [3.8, 4) is 0 Å². The van der Waals surface area contributed by atoms with E-state index in [4.69, 9.17) is 11.6 Å². The summed E-state index contributed by atoms with van der Waals surface area (Å²) in [6.45, 7) is 6.68. The topological polar surface area (TPSA) is 62.7 Å². The second-order valence-corrected chi connectivity index (χ2v) is 6.65. The molecule has 6 heteroatoms. The lowest BCUT2D eigenvalue weighted by Crippen LogP contribution is -2.11.